The second kappa shape index (κ2) is 3.65. The Kier molecular flexibility index (Phi) is 2.76. The number of nitrogens with zero attached hydrogens (tertiary/aromatic N) is 2. The second-order valence-electron chi connectivity index (χ2n) is 1.81. The van der Waals surface area contributed by atoms with Crippen molar-refractivity contribution in [3.63, 3.8) is 0 Å². The molecular formula is C5H4N2O4S2. The summed E-state index contributed by atoms with van der Waals surface area (Å²) in [5.41, 5.74) is 0. The number of hydrogen-bond acceptors (Lipinski definition) is 6. The molecule has 70 valence electrons. The van der Waals surface area contributed by atoms with Gasteiger partial charge in [0.2, 0.25) is 0 Å². The lowest BCUT2D eigenvalue weighted by Gasteiger charge is -1.87. The van der Waals surface area contributed by atoms with Crippen molar-refractivity contribution in [3.05, 3.63) is 6.20 Å². The summed E-state index contributed by atoms with van der Waals surface area (Å²) >= 11 is 0.786. The Bertz CT molecular complexity index is 443. The average molecular weight is 220 g/mol. The van der Waals surface area contributed by atoms with E-state index in [4.69, 9.17) is 0 Å². The molecule has 6 nitrogen and oxygen atoms in total. The normalized spacial score (nSPS) is 10.5. The van der Waals surface area contributed by atoms with Gasteiger partial charge in [-0.05, 0) is 0 Å². The first kappa shape index (κ1) is 9.85. The van der Waals surface area contributed by atoms with E-state index in [1.54, 1.807) is 0 Å². The van der Waals surface area contributed by atoms with E-state index in [2.05, 4.69) is 14.1 Å². The van der Waals surface area contributed by atoms with Crippen LogP contribution < -0.4 is 4.74 Å². The van der Waals surface area contributed by atoms with E-state index in [0.29, 0.717) is 0 Å². The molecule has 0 aliphatic carbocycles. The molecule has 1 aromatic heterocycles. The molecule has 0 atom stereocenters. The number of ether oxygens (including phenoxy) is 1. The maximum absolute atomic E-state index is 11.0. The fourth-order valence-corrected chi connectivity index (χ4v) is 2.14. The highest BCUT2D eigenvalue weighted by atomic mass is 32.2. The largest absolute Gasteiger partial charge is 0.473 e. The van der Waals surface area contributed by atoms with Crippen LogP contribution in [0.3, 0.4) is 0 Å². The first-order valence-corrected chi connectivity index (χ1v) is 5.20. The van der Waals surface area contributed by atoms with Crippen LogP contribution in [0.4, 0.5) is 0 Å². The molecule has 1 aromatic rings. The van der Waals surface area contributed by atoms with Crippen LogP contribution in [-0.2, 0) is 14.8 Å². The van der Waals surface area contributed by atoms with E-state index in [1.165, 1.54) is 7.11 Å². The van der Waals surface area contributed by atoms with E-state index < -0.39 is 10.0 Å². The Morgan fingerprint density at radius 3 is 2.85 bits per heavy atom. The minimum absolute atomic E-state index is 0.146. The van der Waals surface area contributed by atoms with E-state index in [-0.39, 0.29) is 9.40 Å². The smallest absolute Gasteiger partial charge is 0.303 e. The number of thiazole rings is 1. The number of sulfonamides is 1. The van der Waals surface area contributed by atoms with Gasteiger partial charge in [0.15, 0.2) is 4.21 Å². The summed E-state index contributed by atoms with van der Waals surface area (Å²) in [4.78, 5) is 13.4. The molecule has 0 spiro atoms. The fourth-order valence-electron chi connectivity index (χ4n) is 0.552. The highest BCUT2D eigenvalue weighted by molar-refractivity contribution is 7.92. The van der Waals surface area contributed by atoms with E-state index in [0.717, 1.165) is 23.6 Å². The van der Waals surface area contributed by atoms with Gasteiger partial charge in [-0.15, -0.1) is 0 Å². The van der Waals surface area contributed by atoms with Gasteiger partial charge in [-0.2, -0.15) is 8.42 Å². The van der Waals surface area contributed by atoms with E-state index >= 15 is 0 Å². The third-order valence-electron chi connectivity index (χ3n) is 1.05. The Morgan fingerprint density at radius 1 is 1.69 bits per heavy atom. The molecule has 0 bridgehead atoms. The summed E-state index contributed by atoms with van der Waals surface area (Å²) in [6.07, 6.45) is 2.03. The van der Waals surface area contributed by atoms with Gasteiger partial charge in [0.05, 0.1) is 13.3 Å². The van der Waals surface area contributed by atoms with Crippen LogP contribution in [0.5, 0.6) is 5.19 Å². The summed E-state index contributed by atoms with van der Waals surface area (Å²) in [6, 6.07) is 0. The zero-order valence-corrected chi connectivity index (χ0v) is 8.05. The number of hydrogen-bond donors (Lipinski definition) is 0. The van der Waals surface area contributed by atoms with Gasteiger partial charge >= 0.3 is 10.0 Å². The quantitative estimate of drug-likeness (QED) is 0.535. The van der Waals surface area contributed by atoms with E-state index in [9.17, 15) is 13.2 Å². The predicted octanol–water partition coefficient (Wildman–Crippen LogP) is 0.176. The van der Waals surface area contributed by atoms with Gasteiger partial charge in [-0.1, -0.05) is 15.7 Å². The van der Waals surface area contributed by atoms with Crippen molar-refractivity contribution >= 4 is 27.4 Å². The van der Waals surface area contributed by atoms with Crippen molar-refractivity contribution in [2.45, 2.75) is 4.21 Å². The Labute approximate surface area is 78.0 Å². The minimum Gasteiger partial charge on any atom is -0.473 e. The molecular weight excluding hydrogens is 216 g/mol. The summed E-state index contributed by atoms with van der Waals surface area (Å²) < 4.78 is 29.3. The van der Waals surface area contributed by atoms with Crippen LogP contribution in [0.15, 0.2) is 14.8 Å². The SMILES string of the molecule is COc1ncc(S(=O)(=O)N=C=O)s1. The first-order valence-electron chi connectivity index (χ1n) is 2.94. The van der Waals surface area contributed by atoms with Gasteiger partial charge in [0.1, 0.15) is 0 Å². The van der Waals surface area contributed by atoms with Crippen molar-refractivity contribution in [1.82, 2.24) is 4.98 Å². The number of isocyanates is 1. The Hall–Kier alpha value is -1.24. The molecule has 0 amide bonds. The highest BCUT2D eigenvalue weighted by Crippen LogP contribution is 2.25. The topological polar surface area (TPSA) is 85.7 Å². The van der Waals surface area contributed by atoms with Gasteiger partial charge in [-0.25, -0.2) is 9.78 Å². The molecule has 0 unspecified atom stereocenters. The maximum atomic E-state index is 11.0. The number of aromatic nitrogens is 1. The molecule has 0 fully saturated rings. The average Bonchev–Trinajstić information content (AvgIpc) is 2.52. The van der Waals surface area contributed by atoms with Crippen LogP contribution in [-0.4, -0.2) is 26.6 Å². The van der Waals surface area contributed by atoms with Crippen LogP contribution in [0.1, 0.15) is 0 Å². The predicted molar refractivity (Wildman–Crippen MR) is 44.0 cm³/mol. The molecule has 0 aliphatic rings. The van der Waals surface area contributed by atoms with Crippen molar-refractivity contribution in [2.75, 3.05) is 7.11 Å². The van der Waals surface area contributed by atoms with Gasteiger partial charge in [0, 0.05) is 0 Å². The molecule has 0 radical (unpaired) electrons. The third kappa shape index (κ3) is 2.11. The second-order valence-corrected chi connectivity index (χ2v) is 4.63. The van der Waals surface area contributed by atoms with Gasteiger partial charge < -0.3 is 4.74 Å². The lowest BCUT2D eigenvalue weighted by Crippen LogP contribution is -1.91. The lowest BCUT2D eigenvalue weighted by molar-refractivity contribution is 0.412. The minimum atomic E-state index is -3.92. The Morgan fingerprint density at radius 2 is 2.38 bits per heavy atom. The highest BCUT2D eigenvalue weighted by Gasteiger charge is 2.16. The van der Waals surface area contributed by atoms with Gasteiger partial charge in [0.25, 0.3) is 11.3 Å². The monoisotopic (exact) mass is 220 g/mol. The van der Waals surface area contributed by atoms with Crippen molar-refractivity contribution in [3.8, 4) is 5.19 Å². The zero-order chi connectivity index (χ0) is 9.90. The van der Waals surface area contributed by atoms with Crippen LogP contribution in [0, 0.1) is 0 Å². The number of carbonyl (C=O) groups excluding carboxylic acids is 1. The zero-order valence-electron chi connectivity index (χ0n) is 6.42. The third-order valence-corrected chi connectivity index (χ3v) is 3.61. The molecule has 0 saturated carbocycles. The molecule has 0 aliphatic heterocycles. The Balaban J connectivity index is 3.15. The molecule has 0 saturated heterocycles. The van der Waals surface area contributed by atoms with Crippen molar-refractivity contribution in [2.24, 2.45) is 4.40 Å². The molecule has 1 rings (SSSR count). The number of methoxy groups -OCH3 is 1. The van der Waals surface area contributed by atoms with Crippen LogP contribution in [0.25, 0.3) is 0 Å². The van der Waals surface area contributed by atoms with Crippen LogP contribution in [0.2, 0.25) is 0 Å². The molecule has 8 heteroatoms. The summed E-state index contributed by atoms with van der Waals surface area (Å²) in [5, 5.41) is 0.194. The summed E-state index contributed by atoms with van der Waals surface area (Å²) in [7, 11) is -2.56. The summed E-state index contributed by atoms with van der Waals surface area (Å²) in [6.45, 7) is 0. The molecule has 1 heterocycles. The molecule has 0 N–H and O–H groups in total. The van der Waals surface area contributed by atoms with Gasteiger partial charge in [-0.3, -0.25) is 0 Å². The fraction of sp³-hybridized carbons (Fsp3) is 0.200. The maximum Gasteiger partial charge on any atom is 0.303 e. The standard InChI is InChI=1S/C5H4N2O4S2/c1-11-5-6-2-4(12-5)13(9,10)7-3-8/h2H,1H3. The van der Waals surface area contributed by atoms with Crippen molar-refractivity contribution < 1.29 is 17.9 Å². The van der Waals surface area contributed by atoms with Crippen molar-refractivity contribution in [1.29, 1.82) is 0 Å². The summed E-state index contributed by atoms with van der Waals surface area (Å²) in [5.74, 6) is 0. The first-order chi connectivity index (χ1) is 6.10. The molecule has 0 aromatic carbocycles. The molecule has 13 heavy (non-hydrogen) atoms. The van der Waals surface area contributed by atoms with Crippen LogP contribution >= 0.6 is 11.3 Å². The van der Waals surface area contributed by atoms with E-state index in [1.807, 2.05) is 0 Å². The number of rotatable bonds is 3. The lowest BCUT2D eigenvalue weighted by atomic mass is 11.0.